The van der Waals surface area contributed by atoms with Crippen LogP contribution in [0.5, 0.6) is 0 Å². The monoisotopic (exact) mass is 284 g/mol. The zero-order chi connectivity index (χ0) is 14.2. The maximum absolute atomic E-state index is 5.53. The third-order valence-electron chi connectivity index (χ3n) is 4.79. The third-order valence-corrected chi connectivity index (χ3v) is 4.79. The number of methoxy groups -OCH3 is 1. The normalized spacial score (nSPS) is 27.9. The van der Waals surface area contributed by atoms with Crippen LogP contribution >= 0.6 is 0 Å². The average Bonchev–Trinajstić information content (AvgIpc) is 2.92. The molecular formula is C16H32N2O2. The van der Waals surface area contributed by atoms with Crippen molar-refractivity contribution in [2.24, 2.45) is 0 Å². The molecule has 0 amide bonds. The summed E-state index contributed by atoms with van der Waals surface area (Å²) in [7, 11) is 1.72. The third kappa shape index (κ3) is 4.69. The van der Waals surface area contributed by atoms with Crippen molar-refractivity contribution in [3.63, 3.8) is 0 Å². The Kier molecular flexibility index (Phi) is 7.28. The largest absolute Gasteiger partial charge is 0.382 e. The van der Waals surface area contributed by atoms with E-state index < -0.39 is 0 Å². The Morgan fingerprint density at radius 2 is 2.00 bits per heavy atom. The topological polar surface area (TPSA) is 24.9 Å². The molecule has 2 aliphatic heterocycles. The van der Waals surface area contributed by atoms with Gasteiger partial charge >= 0.3 is 0 Å². The lowest BCUT2D eigenvalue weighted by Gasteiger charge is -2.43. The van der Waals surface area contributed by atoms with Crippen molar-refractivity contribution in [1.82, 2.24) is 9.80 Å². The number of hydrogen-bond donors (Lipinski definition) is 0. The van der Waals surface area contributed by atoms with E-state index in [1.807, 2.05) is 0 Å². The van der Waals surface area contributed by atoms with Gasteiger partial charge in [-0.15, -0.1) is 0 Å². The highest BCUT2D eigenvalue weighted by molar-refractivity contribution is 4.91. The van der Waals surface area contributed by atoms with Crippen molar-refractivity contribution >= 4 is 0 Å². The van der Waals surface area contributed by atoms with Crippen molar-refractivity contribution in [3.8, 4) is 0 Å². The molecule has 20 heavy (non-hydrogen) atoms. The number of nitrogens with zero attached hydrogens (tertiary/aromatic N) is 2. The van der Waals surface area contributed by atoms with Crippen LogP contribution in [0.3, 0.4) is 0 Å². The van der Waals surface area contributed by atoms with Gasteiger partial charge in [-0.05, 0) is 45.2 Å². The van der Waals surface area contributed by atoms with Crippen LogP contribution in [0.1, 0.15) is 39.0 Å². The van der Waals surface area contributed by atoms with Crippen molar-refractivity contribution in [3.05, 3.63) is 0 Å². The number of unbranched alkanes of at least 4 members (excludes halogenated alkanes) is 1. The molecule has 2 atom stereocenters. The van der Waals surface area contributed by atoms with E-state index in [1.165, 1.54) is 58.3 Å². The fourth-order valence-corrected chi connectivity index (χ4v) is 3.57. The summed E-state index contributed by atoms with van der Waals surface area (Å²) in [6.07, 6.45) is 6.53. The standard InChI is InChI=1S/C16H32N2O2/c1-3-15-13-18-9-6-7-16(18)14-17(15)8-4-5-10-20-12-11-19-2/h15-16H,3-14H2,1-2H3. The average molecular weight is 284 g/mol. The van der Waals surface area contributed by atoms with E-state index in [0.717, 1.165) is 25.3 Å². The zero-order valence-electron chi connectivity index (χ0n) is 13.4. The second-order valence-electron chi connectivity index (χ2n) is 6.16. The van der Waals surface area contributed by atoms with E-state index in [1.54, 1.807) is 7.11 Å². The molecule has 0 aromatic rings. The Bertz CT molecular complexity index is 263. The Morgan fingerprint density at radius 3 is 2.80 bits per heavy atom. The second kappa shape index (κ2) is 8.98. The molecule has 4 nitrogen and oxygen atoms in total. The molecule has 0 radical (unpaired) electrons. The van der Waals surface area contributed by atoms with E-state index >= 15 is 0 Å². The van der Waals surface area contributed by atoms with Crippen molar-refractivity contribution in [1.29, 1.82) is 0 Å². The summed E-state index contributed by atoms with van der Waals surface area (Å²) in [5, 5.41) is 0. The van der Waals surface area contributed by atoms with Gasteiger partial charge in [0.25, 0.3) is 0 Å². The van der Waals surface area contributed by atoms with Crippen LogP contribution in [0.4, 0.5) is 0 Å². The number of piperazine rings is 1. The quantitative estimate of drug-likeness (QED) is 0.605. The van der Waals surface area contributed by atoms with E-state index in [2.05, 4.69) is 16.7 Å². The smallest absolute Gasteiger partial charge is 0.0700 e. The fourth-order valence-electron chi connectivity index (χ4n) is 3.57. The first-order valence-electron chi connectivity index (χ1n) is 8.40. The molecular weight excluding hydrogens is 252 g/mol. The molecule has 2 heterocycles. The molecule has 0 spiro atoms. The maximum Gasteiger partial charge on any atom is 0.0700 e. The minimum Gasteiger partial charge on any atom is -0.382 e. The van der Waals surface area contributed by atoms with Gasteiger partial charge < -0.3 is 9.47 Å². The van der Waals surface area contributed by atoms with Gasteiger partial charge in [0.15, 0.2) is 0 Å². The molecule has 0 N–H and O–H groups in total. The fraction of sp³-hybridized carbons (Fsp3) is 1.00. The summed E-state index contributed by atoms with van der Waals surface area (Å²) >= 11 is 0. The van der Waals surface area contributed by atoms with Gasteiger partial charge in [0.2, 0.25) is 0 Å². The number of ether oxygens (including phenoxy) is 2. The van der Waals surface area contributed by atoms with Gasteiger partial charge in [0.05, 0.1) is 13.2 Å². The Labute approximate surface area is 124 Å². The molecule has 2 saturated heterocycles. The Hall–Kier alpha value is -0.160. The van der Waals surface area contributed by atoms with Crippen LogP contribution in [0, 0.1) is 0 Å². The molecule has 2 unspecified atom stereocenters. The summed E-state index contributed by atoms with van der Waals surface area (Å²) in [6.45, 7) is 9.83. The van der Waals surface area contributed by atoms with Crippen LogP contribution in [0.25, 0.3) is 0 Å². The zero-order valence-corrected chi connectivity index (χ0v) is 13.4. The summed E-state index contributed by atoms with van der Waals surface area (Å²) in [5.74, 6) is 0. The van der Waals surface area contributed by atoms with E-state index in [9.17, 15) is 0 Å². The molecule has 0 bridgehead atoms. The highest BCUT2D eigenvalue weighted by atomic mass is 16.5. The molecule has 4 heteroatoms. The predicted octanol–water partition coefficient (Wildman–Crippen LogP) is 1.99. The van der Waals surface area contributed by atoms with Gasteiger partial charge in [-0.1, -0.05) is 6.92 Å². The first kappa shape index (κ1) is 16.2. The predicted molar refractivity (Wildman–Crippen MR) is 82.2 cm³/mol. The molecule has 0 aromatic carbocycles. The SMILES string of the molecule is CCC1CN2CCCC2CN1CCCCOCCOC. The maximum atomic E-state index is 5.53. The molecule has 118 valence electrons. The van der Waals surface area contributed by atoms with Crippen LogP contribution < -0.4 is 0 Å². The van der Waals surface area contributed by atoms with Gasteiger partial charge in [-0.2, -0.15) is 0 Å². The highest BCUT2D eigenvalue weighted by Gasteiger charge is 2.34. The molecule has 0 saturated carbocycles. The highest BCUT2D eigenvalue weighted by Crippen LogP contribution is 2.25. The van der Waals surface area contributed by atoms with Crippen LogP contribution in [-0.2, 0) is 9.47 Å². The van der Waals surface area contributed by atoms with Crippen LogP contribution in [-0.4, -0.2) is 75.0 Å². The van der Waals surface area contributed by atoms with Crippen molar-refractivity contribution < 1.29 is 9.47 Å². The van der Waals surface area contributed by atoms with Crippen LogP contribution in [0.15, 0.2) is 0 Å². The summed E-state index contributed by atoms with van der Waals surface area (Å²) in [6, 6.07) is 1.62. The summed E-state index contributed by atoms with van der Waals surface area (Å²) in [5.41, 5.74) is 0. The Morgan fingerprint density at radius 1 is 1.10 bits per heavy atom. The van der Waals surface area contributed by atoms with Crippen molar-refractivity contribution in [2.45, 2.75) is 51.1 Å². The number of rotatable bonds is 9. The summed E-state index contributed by atoms with van der Waals surface area (Å²) in [4.78, 5) is 5.46. The van der Waals surface area contributed by atoms with Crippen LogP contribution in [0.2, 0.25) is 0 Å². The van der Waals surface area contributed by atoms with Gasteiger partial charge in [0, 0.05) is 38.9 Å². The van der Waals surface area contributed by atoms with Gasteiger partial charge in [-0.25, -0.2) is 0 Å². The molecule has 0 aromatic heterocycles. The lowest BCUT2D eigenvalue weighted by atomic mass is 10.0. The van der Waals surface area contributed by atoms with Crippen molar-refractivity contribution in [2.75, 3.05) is 53.1 Å². The molecule has 2 rings (SSSR count). The first-order chi connectivity index (χ1) is 9.85. The van der Waals surface area contributed by atoms with E-state index in [-0.39, 0.29) is 0 Å². The van der Waals surface area contributed by atoms with Gasteiger partial charge in [0.1, 0.15) is 0 Å². The molecule has 2 fully saturated rings. The minimum atomic E-state index is 0.710. The van der Waals surface area contributed by atoms with E-state index in [4.69, 9.17) is 9.47 Å². The Balaban J connectivity index is 1.61. The minimum absolute atomic E-state index is 0.710. The summed E-state index contributed by atoms with van der Waals surface area (Å²) < 4.78 is 10.5. The lowest BCUT2D eigenvalue weighted by molar-refractivity contribution is 0.0422. The molecule has 0 aliphatic carbocycles. The molecule has 2 aliphatic rings. The van der Waals surface area contributed by atoms with E-state index in [0.29, 0.717) is 6.61 Å². The number of hydrogen-bond acceptors (Lipinski definition) is 4. The second-order valence-corrected chi connectivity index (χ2v) is 6.16. The van der Waals surface area contributed by atoms with Gasteiger partial charge in [-0.3, -0.25) is 9.80 Å². The lowest BCUT2D eigenvalue weighted by Crippen LogP contribution is -2.55. The number of fused-ring (bicyclic) bond motifs is 1. The first-order valence-corrected chi connectivity index (χ1v) is 8.40.